The Bertz CT molecular complexity index is 175. The van der Waals surface area contributed by atoms with E-state index in [-0.39, 0.29) is 0 Å². The van der Waals surface area contributed by atoms with E-state index in [9.17, 15) is 0 Å². The zero-order valence-electron chi connectivity index (χ0n) is 3.83. The van der Waals surface area contributed by atoms with Crippen LogP contribution in [0.3, 0.4) is 0 Å². The van der Waals surface area contributed by atoms with Crippen LogP contribution in [0, 0.1) is 0 Å². The van der Waals surface area contributed by atoms with Crippen LogP contribution in [0.4, 0.5) is 0 Å². The molecular formula is C6H5N. The summed E-state index contributed by atoms with van der Waals surface area (Å²) in [6, 6.07) is 0.477. The number of aliphatic imine (C=N–C) groups is 1. The van der Waals surface area contributed by atoms with Gasteiger partial charge < -0.3 is 0 Å². The number of allylic oxidation sites excluding steroid dienone is 1. The molecule has 2 aliphatic rings. The molecule has 0 saturated carbocycles. The van der Waals surface area contributed by atoms with E-state index in [1.54, 1.807) is 0 Å². The molecule has 1 heterocycles. The smallest absolute Gasteiger partial charge is 0.0934 e. The van der Waals surface area contributed by atoms with Gasteiger partial charge in [0, 0.05) is 6.21 Å². The summed E-state index contributed by atoms with van der Waals surface area (Å²) in [5.41, 5.74) is 1.38. The number of rotatable bonds is 0. The maximum atomic E-state index is 4.10. The summed E-state index contributed by atoms with van der Waals surface area (Å²) in [6.07, 6.45) is 8.05. The van der Waals surface area contributed by atoms with Gasteiger partial charge in [-0.3, -0.25) is 4.99 Å². The normalized spacial score (nSPS) is 32.0. The Morgan fingerprint density at radius 1 is 1.57 bits per heavy atom. The first-order valence-electron chi connectivity index (χ1n) is 2.38. The molecule has 0 saturated heterocycles. The molecular weight excluding hydrogens is 86.1 g/mol. The first kappa shape index (κ1) is 3.19. The van der Waals surface area contributed by atoms with Crippen molar-refractivity contribution in [2.45, 2.75) is 6.04 Å². The Hall–Kier alpha value is -0.850. The number of hydrogen-bond acceptors (Lipinski definition) is 1. The molecule has 1 heteroatoms. The zero-order valence-corrected chi connectivity index (χ0v) is 3.83. The minimum Gasteiger partial charge on any atom is -0.281 e. The van der Waals surface area contributed by atoms with Gasteiger partial charge in [-0.2, -0.15) is 0 Å². The summed E-state index contributed by atoms with van der Waals surface area (Å²) in [6.45, 7) is 0. The van der Waals surface area contributed by atoms with Crippen LogP contribution in [-0.4, -0.2) is 12.3 Å². The van der Waals surface area contributed by atoms with Crippen LogP contribution in [0.2, 0.25) is 0 Å². The molecule has 0 aromatic carbocycles. The highest BCUT2D eigenvalue weighted by Gasteiger charge is 2.21. The molecule has 2 rings (SSSR count). The lowest BCUT2D eigenvalue weighted by Crippen LogP contribution is -1.85. The van der Waals surface area contributed by atoms with Crippen molar-refractivity contribution in [3.63, 3.8) is 0 Å². The van der Waals surface area contributed by atoms with Gasteiger partial charge in [0.15, 0.2) is 0 Å². The van der Waals surface area contributed by atoms with Gasteiger partial charge in [0.05, 0.1) is 6.04 Å². The van der Waals surface area contributed by atoms with Crippen molar-refractivity contribution >= 4 is 6.21 Å². The summed E-state index contributed by atoms with van der Waals surface area (Å²) in [5, 5.41) is 0. The fourth-order valence-corrected chi connectivity index (χ4v) is 0.714. The SMILES string of the molecule is C1=CC2=C[C@H]2N=C1. The topological polar surface area (TPSA) is 12.4 Å². The molecule has 0 bridgehead atoms. The molecule has 0 spiro atoms. The number of fused-ring (bicyclic) bond motifs is 1. The number of dihydropyridines is 1. The highest BCUT2D eigenvalue weighted by Crippen LogP contribution is 2.26. The Morgan fingerprint density at radius 3 is 3.14 bits per heavy atom. The van der Waals surface area contributed by atoms with E-state index in [1.807, 2.05) is 12.3 Å². The third kappa shape index (κ3) is 0.346. The van der Waals surface area contributed by atoms with Gasteiger partial charge >= 0.3 is 0 Å². The zero-order chi connectivity index (χ0) is 4.69. The molecule has 0 N–H and O–H groups in total. The summed E-state index contributed by atoms with van der Waals surface area (Å²) in [7, 11) is 0. The highest BCUT2D eigenvalue weighted by molar-refractivity contribution is 5.77. The monoisotopic (exact) mass is 91.0 g/mol. The molecule has 0 radical (unpaired) electrons. The molecule has 7 heavy (non-hydrogen) atoms. The quantitative estimate of drug-likeness (QED) is 0.420. The second-order valence-corrected chi connectivity index (χ2v) is 1.77. The van der Waals surface area contributed by atoms with Gasteiger partial charge in [-0.15, -0.1) is 0 Å². The van der Waals surface area contributed by atoms with Crippen LogP contribution >= 0.6 is 0 Å². The van der Waals surface area contributed by atoms with Crippen molar-refractivity contribution in [3.05, 3.63) is 23.8 Å². The molecule has 0 aromatic heterocycles. The Balaban J connectivity index is 2.38. The Labute approximate surface area is 42.1 Å². The van der Waals surface area contributed by atoms with E-state index < -0.39 is 0 Å². The van der Waals surface area contributed by atoms with Crippen LogP contribution in [0.5, 0.6) is 0 Å². The fourth-order valence-electron chi connectivity index (χ4n) is 0.714. The first-order valence-corrected chi connectivity index (χ1v) is 2.38. The Morgan fingerprint density at radius 2 is 2.57 bits per heavy atom. The number of hydrogen-bond donors (Lipinski definition) is 0. The molecule has 1 atom stereocenters. The third-order valence-electron chi connectivity index (χ3n) is 1.20. The van der Waals surface area contributed by atoms with Gasteiger partial charge in [0.1, 0.15) is 0 Å². The standard InChI is InChI=1S/C6H5N/c1-2-5-4-6(5)7-3-1/h1-4,6H/t6-/m1/s1. The molecule has 0 fully saturated rings. The predicted octanol–water partition coefficient (Wildman–Crippen LogP) is 0.936. The van der Waals surface area contributed by atoms with Crippen molar-refractivity contribution in [2.24, 2.45) is 4.99 Å². The van der Waals surface area contributed by atoms with Gasteiger partial charge in [0.2, 0.25) is 0 Å². The second-order valence-electron chi connectivity index (χ2n) is 1.77. The van der Waals surface area contributed by atoms with Crippen molar-refractivity contribution in [3.8, 4) is 0 Å². The molecule has 1 nitrogen and oxygen atoms in total. The van der Waals surface area contributed by atoms with E-state index in [2.05, 4.69) is 17.1 Å². The van der Waals surface area contributed by atoms with Crippen molar-refractivity contribution < 1.29 is 0 Å². The van der Waals surface area contributed by atoms with Gasteiger partial charge in [-0.1, -0.05) is 12.2 Å². The maximum absolute atomic E-state index is 4.10. The summed E-state index contributed by atoms with van der Waals surface area (Å²) < 4.78 is 0. The average Bonchev–Trinajstić information content (AvgIpc) is 2.41. The summed E-state index contributed by atoms with van der Waals surface area (Å²) in [5.74, 6) is 0. The summed E-state index contributed by atoms with van der Waals surface area (Å²) >= 11 is 0. The van der Waals surface area contributed by atoms with E-state index in [4.69, 9.17) is 0 Å². The lowest BCUT2D eigenvalue weighted by molar-refractivity contribution is 1.13. The first-order chi connectivity index (χ1) is 3.47. The van der Waals surface area contributed by atoms with Gasteiger partial charge in [0.25, 0.3) is 0 Å². The molecule has 34 valence electrons. The van der Waals surface area contributed by atoms with Crippen LogP contribution in [0.15, 0.2) is 28.8 Å². The lowest BCUT2D eigenvalue weighted by Gasteiger charge is -1.88. The molecule has 1 aliphatic heterocycles. The number of nitrogens with zero attached hydrogens (tertiary/aromatic N) is 1. The molecule has 0 aromatic rings. The van der Waals surface area contributed by atoms with Crippen LogP contribution in [-0.2, 0) is 0 Å². The van der Waals surface area contributed by atoms with Crippen LogP contribution in [0.1, 0.15) is 0 Å². The lowest BCUT2D eigenvalue weighted by atomic mass is 10.3. The van der Waals surface area contributed by atoms with E-state index >= 15 is 0 Å². The molecule has 1 aliphatic carbocycles. The van der Waals surface area contributed by atoms with Crippen LogP contribution < -0.4 is 0 Å². The minimum absolute atomic E-state index is 0.477. The van der Waals surface area contributed by atoms with E-state index in [1.165, 1.54) is 5.57 Å². The minimum atomic E-state index is 0.477. The third-order valence-corrected chi connectivity index (χ3v) is 1.20. The maximum Gasteiger partial charge on any atom is 0.0934 e. The average molecular weight is 91.1 g/mol. The Kier molecular flexibility index (Phi) is 0.392. The fraction of sp³-hybridized carbons (Fsp3) is 0.167. The molecule has 0 unspecified atom stereocenters. The highest BCUT2D eigenvalue weighted by atomic mass is 14.8. The van der Waals surface area contributed by atoms with Crippen molar-refractivity contribution in [1.29, 1.82) is 0 Å². The van der Waals surface area contributed by atoms with E-state index in [0.29, 0.717) is 6.04 Å². The summed E-state index contributed by atoms with van der Waals surface area (Å²) in [4.78, 5) is 4.10. The molecule has 0 amide bonds. The van der Waals surface area contributed by atoms with E-state index in [0.717, 1.165) is 0 Å². The van der Waals surface area contributed by atoms with Gasteiger partial charge in [-0.25, -0.2) is 0 Å². The van der Waals surface area contributed by atoms with Crippen molar-refractivity contribution in [2.75, 3.05) is 0 Å². The predicted molar refractivity (Wildman–Crippen MR) is 29.5 cm³/mol. The van der Waals surface area contributed by atoms with Crippen LogP contribution in [0.25, 0.3) is 0 Å². The largest absolute Gasteiger partial charge is 0.281 e. The van der Waals surface area contributed by atoms with Crippen molar-refractivity contribution in [1.82, 2.24) is 0 Å². The van der Waals surface area contributed by atoms with Gasteiger partial charge in [-0.05, 0) is 11.6 Å². The second kappa shape index (κ2) is 0.861.